The van der Waals surface area contributed by atoms with Crippen molar-refractivity contribution in [3.05, 3.63) is 21.3 Å². The molecule has 102 valence electrons. The fourth-order valence-corrected chi connectivity index (χ4v) is 2.63. The third kappa shape index (κ3) is 4.47. The van der Waals surface area contributed by atoms with Crippen LogP contribution in [0.3, 0.4) is 0 Å². The van der Waals surface area contributed by atoms with E-state index in [0.717, 1.165) is 4.90 Å². The molecule has 1 aromatic rings. The number of rotatable bonds is 5. The van der Waals surface area contributed by atoms with E-state index in [1.54, 1.807) is 12.1 Å². The molecule has 0 aromatic carbocycles. The van der Waals surface area contributed by atoms with Crippen LogP contribution < -0.4 is 0 Å². The third-order valence-corrected chi connectivity index (χ3v) is 3.53. The van der Waals surface area contributed by atoms with Crippen molar-refractivity contribution in [3.63, 3.8) is 0 Å². The SMILES string of the molecule is CN(Cc1ccc(Cl)s1)C(CC(=O)O)C(F)(F)F. The smallest absolute Gasteiger partial charge is 0.404 e. The van der Waals surface area contributed by atoms with Gasteiger partial charge in [0.05, 0.1) is 10.8 Å². The monoisotopic (exact) mass is 301 g/mol. The highest BCUT2D eigenvalue weighted by Gasteiger charge is 2.43. The van der Waals surface area contributed by atoms with Gasteiger partial charge in [-0.2, -0.15) is 13.2 Å². The van der Waals surface area contributed by atoms with Crippen LogP contribution in [0.15, 0.2) is 12.1 Å². The average Bonchev–Trinajstić information content (AvgIpc) is 2.58. The summed E-state index contributed by atoms with van der Waals surface area (Å²) in [6.45, 7) is 0.00877. The largest absolute Gasteiger partial charge is 0.481 e. The summed E-state index contributed by atoms with van der Waals surface area (Å²) in [6, 6.07) is 1.21. The van der Waals surface area contributed by atoms with Crippen LogP contribution in [0.1, 0.15) is 11.3 Å². The average molecular weight is 302 g/mol. The fraction of sp³-hybridized carbons (Fsp3) is 0.500. The molecule has 0 fully saturated rings. The molecule has 1 N–H and O–H groups in total. The number of aliphatic carboxylic acids is 1. The topological polar surface area (TPSA) is 40.5 Å². The van der Waals surface area contributed by atoms with Crippen molar-refractivity contribution in [1.82, 2.24) is 4.90 Å². The first-order chi connectivity index (χ1) is 8.20. The Hall–Kier alpha value is -0.790. The highest BCUT2D eigenvalue weighted by atomic mass is 35.5. The van der Waals surface area contributed by atoms with Gasteiger partial charge in [0, 0.05) is 11.4 Å². The molecule has 0 radical (unpaired) electrons. The number of thiophene rings is 1. The van der Waals surface area contributed by atoms with Gasteiger partial charge < -0.3 is 5.11 Å². The Labute approximate surface area is 111 Å². The second kappa shape index (κ2) is 5.90. The minimum atomic E-state index is -4.58. The van der Waals surface area contributed by atoms with E-state index in [0.29, 0.717) is 9.21 Å². The molecule has 1 rings (SSSR count). The van der Waals surface area contributed by atoms with E-state index in [9.17, 15) is 18.0 Å². The quantitative estimate of drug-likeness (QED) is 0.907. The van der Waals surface area contributed by atoms with Gasteiger partial charge in [-0.3, -0.25) is 9.69 Å². The molecule has 0 saturated heterocycles. The van der Waals surface area contributed by atoms with E-state index < -0.39 is 24.6 Å². The molecule has 8 heteroatoms. The molecule has 0 bridgehead atoms. The second-order valence-corrected chi connectivity index (χ2v) is 5.58. The molecular formula is C10H11ClF3NO2S. The molecular weight excluding hydrogens is 291 g/mol. The van der Waals surface area contributed by atoms with Crippen LogP contribution in [0, 0.1) is 0 Å². The van der Waals surface area contributed by atoms with E-state index in [2.05, 4.69) is 0 Å². The maximum atomic E-state index is 12.7. The molecule has 1 unspecified atom stereocenters. The van der Waals surface area contributed by atoms with E-state index in [1.165, 1.54) is 18.4 Å². The Morgan fingerprint density at radius 3 is 2.56 bits per heavy atom. The maximum absolute atomic E-state index is 12.7. The molecule has 0 aliphatic heterocycles. The molecule has 0 aliphatic carbocycles. The van der Waals surface area contributed by atoms with Gasteiger partial charge in [-0.15, -0.1) is 11.3 Å². The number of carboxylic acid groups (broad SMARTS) is 1. The van der Waals surface area contributed by atoms with Crippen LogP contribution in [0.25, 0.3) is 0 Å². The Morgan fingerprint density at radius 2 is 2.17 bits per heavy atom. The fourth-order valence-electron chi connectivity index (χ4n) is 1.48. The molecule has 1 atom stereocenters. The number of halogens is 4. The lowest BCUT2D eigenvalue weighted by Crippen LogP contribution is -2.44. The van der Waals surface area contributed by atoms with Crippen LogP contribution in [0.4, 0.5) is 13.2 Å². The summed E-state index contributed by atoms with van der Waals surface area (Å²) in [7, 11) is 1.24. The summed E-state index contributed by atoms with van der Waals surface area (Å²) in [6.07, 6.45) is -5.55. The second-order valence-electron chi connectivity index (χ2n) is 3.78. The first-order valence-corrected chi connectivity index (χ1v) is 6.12. The molecule has 1 aromatic heterocycles. The summed E-state index contributed by atoms with van der Waals surface area (Å²) in [4.78, 5) is 12.1. The van der Waals surface area contributed by atoms with E-state index in [4.69, 9.17) is 16.7 Å². The van der Waals surface area contributed by atoms with E-state index in [1.807, 2.05) is 0 Å². The highest BCUT2D eigenvalue weighted by molar-refractivity contribution is 7.16. The molecule has 18 heavy (non-hydrogen) atoms. The summed E-state index contributed by atoms with van der Waals surface area (Å²) < 4.78 is 38.6. The van der Waals surface area contributed by atoms with Crippen molar-refractivity contribution in [3.8, 4) is 0 Å². The first kappa shape index (κ1) is 15.3. The van der Waals surface area contributed by atoms with Gasteiger partial charge in [-0.25, -0.2) is 0 Å². The zero-order valence-corrected chi connectivity index (χ0v) is 10.9. The van der Waals surface area contributed by atoms with Gasteiger partial charge in [-0.05, 0) is 19.2 Å². The zero-order valence-electron chi connectivity index (χ0n) is 9.37. The van der Waals surface area contributed by atoms with Gasteiger partial charge in [0.1, 0.15) is 6.04 Å². The lowest BCUT2D eigenvalue weighted by Gasteiger charge is -2.28. The van der Waals surface area contributed by atoms with Crippen LogP contribution in [-0.4, -0.2) is 35.2 Å². The van der Waals surface area contributed by atoms with Gasteiger partial charge in [0.2, 0.25) is 0 Å². The molecule has 0 spiro atoms. The Balaban J connectivity index is 2.76. The van der Waals surface area contributed by atoms with Gasteiger partial charge in [-0.1, -0.05) is 11.6 Å². The predicted molar refractivity (Wildman–Crippen MR) is 62.9 cm³/mol. The minimum Gasteiger partial charge on any atom is -0.481 e. The van der Waals surface area contributed by atoms with Crippen molar-refractivity contribution < 1.29 is 23.1 Å². The number of hydrogen-bond donors (Lipinski definition) is 1. The van der Waals surface area contributed by atoms with Crippen molar-refractivity contribution in [2.24, 2.45) is 0 Å². The number of nitrogens with zero attached hydrogens (tertiary/aromatic N) is 1. The number of carbonyl (C=O) groups is 1. The Morgan fingerprint density at radius 1 is 1.56 bits per heavy atom. The van der Waals surface area contributed by atoms with Gasteiger partial charge in [0.25, 0.3) is 0 Å². The summed E-state index contributed by atoms with van der Waals surface area (Å²) >= 11 is 6.85. The normalized spacial score (nSPS) is 13.9. The van der Waals surface area contributed by atoms with Gasteiger partial charge in [0.15, 0.2) is 0 Å². The predicted octanol–water partition coefficient (Wildman–Crippen LogP) is 3.24. The minimum absolute atomic E-state index is 0.00877. The zero-order chi connectivity index (χ0) is 13.9. The molecule has 0 saturated carbocycles. The molecule has 1 heterocycles. The molecule has 3 nitrogen and oxygen atoms in total. The highest BCUT2D eigenvalue weighted by Crippen LogP contribution is 2.29. The Kier molecular flexibility index (Phi) is 5.01. The summed E-state index contributed by atoms with van der Waals surface area (Å²) in [5.41, 5.74) is 0. The van der Waals surface area contributed by atoms with Gasteiger partial charge >= 0.3 is 12.1 Å². The van der Waals surface area contributed by atoms with Crippen molar-refractivity contribution in [2.45, 2.75) is 25.2 Å². The van der Waals surface area contributed by atoms with Crippen LogP contribution in [0.5, 0.6) is 0 Å². The molecule has 0 amide bonds. The van der Waals surface area contributed by atoms with Crippen LogP contribution >= 0.6 is 22.9 Å². The summed E-state index contributed by atoms with van der Waals surface area (Å²) in [5.74, 6) is -1.48. The van der Waals surface area contributed by atoms with Crippen molar-refractivity contribution in [1.29, 1.82) is 0 Å². The lowest BCUT2D eigenvalue weighted by molar-refractivity contribution is -0.188. The summed E-state index contributed by atoms with van der Waals surface area (Å²) in [5, 5.41) is 8.52. The Bertz CT molecular complexity index is 422. The first-order valence-electron chi connectivity index (χ1n) is 4.93. The van der Waals surface area contributed by atoms with Crippen LogP contribution in [0.2, 0.25) is 4.34 Å². The number of alkyl halides is 3. The van der Waals surface area contributed by atoms with Crippen molar-refractivity contribution >= 4 is 28.9 Å². The third-order valence-electron chi connectivity index (χ3n) is 2.31. The van der Waals surface area contributed by atoms with Crippen LogP contribution in [-0.2, 0) is 11.3 Å². The molecule has 0 aliphatic rings. The lowest BCUT2D eigenvalue weighted by atomic mass is 10.1. The van der Waals surface area contributed by atoms with E-state index in [-0.39, 0.29) is 6.54 Å². The maximum Gasteiger partial charge on any atom is 0.404 e. The standard InChI is InChI=1S/C10H11ClF3NO2S/c1-15(5-6-2-3-8(11)18-6)7(4-9(16)17)10(12,13)14/h2-3,7H,4-5H2,1H3,(H,16,17). The number of hydrogen-bond acceptors (Lipinski definition) is 3. The van der Waals surface area contributed by atoms with Crippen molar-refractivity contribution in [2.75, 3.05) is 7.05 Å². The van der Waals surface area contributed by atoms with E-state index >= 15 is 0 Å². The number of carboxylic acids is 1.